The van der Waals surface area contributed by atoms with E-state index in [9.17, 15) is 4.79 Å². The Hall–Kier alpha value is -2.30. The number of aryl methyl sites for hydroxylation is 2. The van der Waals surface area contributed by atoms with Crippen LogP contribution in [-0.4, -0.2) is 15.7 Å². The van der Waals surface area contributed by atoms with Gasteiger partial charge >= 0.3 is 0 Å². The molecule has 1 amide bonds. The number of carbonyl (C=O) groups is 1. The number of nitrogen functional groups attached to an aromatic ring is 1. The molecule has 0 radical (unpaired) electrons. The van der Waals surface area contributed by atoms with Crippen molar-refractivity contribution in [1.29, 1.82) is 0 Å². The number of nitrogens with one attached hydrogen (secondary N) is 1. The molecule has 0 saturated heterocycles. The molecule has 0 spiro atoms. The first-order chi connectivity index (χ1) is 8.56. The number of nitrogens with zero attached hydrogens (tertiary/aromatic N) is 2. The summed E-state index contributed by atoms with van der Waals surface area (Å²) in [5.74, 6) is -0.179. The van der Waals surface area contributed by atoms with Gasteiger partial charge in [0.2, 0.25) is 0 Å². The smallest absolute Gasteiger partial charge is 0.253 e. The molecule has 94 valence electrons. The Labute approximate surface area is 106 Å². The van der Waals surface area contributed by atoms with Crippen LogP contribution in [0.2, 0.25) is 0 Å². The molecule has 0 aliphatic heterocycles. The van der Waals surface area contributed by atoms with Crippen molar-refractivity contribution in [3.05, 3.63) is 47.3 Å². The zero-order valence-electron chi connectivity index (χ0n) is 10.5. The average molecular weight is 244 g/mol. The molecule has 0 aliphatic rings. The third-order valence-electron chi connectivity index (χ3n) is 2.65. The number of rotatable bonds is 3. The Kier molecular flexibility index (Phi) is 3.32. The standard InChI is InChI=1S/C13H16N4O/c1-9-3-4-12(14)11(7-9)13(18)15-8-10-5-6-17(2)16-10/h3-7H,8,14H2,1-2H3,(H,15,18). The number of amides is 1. The molecule has 0 bridgehead atoms. The lowest BCUT2D eigenvalue weighted by molar-refractivity contribution is 0.0951. The Morgan fingerprint density at radius 2 is 2.22 bits per heavy atom. The van der Waals surface area contributed by atoms with Gasteiger partial charge in [0, 0.05) is 18.9 Å². The molecular formula is C13H16N4O. The maximum absolute atomic E-state index is 12.0. The van der Waals surface area contributed by atoms with Gasteiger partial charge in [-0.1, -0.05) is 11.6 Å². The fourth-order valence-electron chi connectivity index (χ4n) is 1.69. The van der Waals surface area contributed by atoms with Crippen LogP contribution >= 0.6 is 0 Å². The van der Waals surface area contributed by atoms with E-state index in [2.05, 4.69) is 10.4 Å². The molecular weight excluding hydrogens is 228 g/mol. The molecule has 3 N–H and O–H groups in total. The van der Waals surface area contributed by atoms with Crippen LogP contribution in [0, 0.1) is 6.92 Å². The third-order valence-corrected chi connectivity index (χ3v) is 2.65. The van der Waals surface area contributed by atoms with Crippen LogP contribution < -0.4 is 11.1 Å². The van der Waals surface area contributed by atoms with Crippen molar-refractivity contribution in [2.45, 2.75) is 13.5 Å². The topological polar surface area (TPSA) is 72.9 Å². The SMILES string of the molecule is Cc1ccc(N)c(C(=O)NCc2ccn(C)n2)c1. The number of nitrogens with two attached hydrogens (primary N) is 1. The highest BCUT2D eigenvalue weighted by molar-refractivity contribution is 5.99. The van der Waals surface area contributed by atoms with Crippen LogP contribution in [0.1, 0.15) is 21.6 Å². The minimum absolute atomic E-state index is 0.179. The number of hydrogen-bond donors (Lipinski definition) is 2. The molecule has 0 saturated carbocycles. The van der Waals surface area contributed by atoms with Gasteiger partial charge in [-0.15, -0.1) is 0 Å². The van der Waals surface area contributed by atoms with Gasteiger partial charge in [-0.2, -0.15) is 5.10 Å². The van der Waals surface area contributed by atoms with E-state index in [4.69, 9.17) is 5.73 Å². The fraction of sp³-hybridized carbons (Fsp3) is 0.231. The number of hydrogen-bond acceptors (Lipinski definition) is 3. The minimum atomic E-state index is -0.179. The summed E-state index contributed by atoms with van der Waals surface area (Å²) in [7, 11) is 1.84. The first-order valence-corrected chi connectivity index (χ1v) is 5.69. The van der Waals surface area contributed by atoms with E-state index in [0.29, 0.717) is 17.8 Å². The van der Waals surface area contributed by atoms with Crippen molar-refractivity contribution in [3.63, 3.8) is 0 Å². The second kappa shape index (κ2) is 4.91. The van der Waals surface area contributed by atoms with Gasteiger partial charge in [-0.05, 0) is 25.1 Å². The summed E-state index contributed by atoms with van der Waals surface area (Å²) in [5, 5.41) is 6.99. The summed E-state index contributed by atoms with van der Waals surface area (Å²) in [6.07, 6.45) is 1.84. The maximum atomic E-state index is 12.0. The normalized spacial score (nSPS) is 10.3. The molecule has 0 unspecified atom stereocenters. The van der Waals surface area contributed by atoms with Gasteiger partial charge in [0.15, 0.2) is 0 Å². The predicted molar refractivity (Wildman–Crippen MR) is 70.0 cm³/mol. The van der Waals surface area contributed by atoms with Crippen LogP contribution in [0.5, 0.6) is 0 Å². The molecule has 1 heterocycles. The van der Waals surface area contributed by atoms with E-state index in [1.807, 2.05) is 32.3 Å². The monoisotopic (exact) mass is 244 g/mol. The van der Waals surface area contributed by atoms with E-state index in [1.54, 1.807) is 16.8 Å². The minimum Gasteiger partial charge on any atom is -0.398 e. The summed E-state index contributed by atoms with van der Waals surface area (Å²) >= 11 is 0. The molecule has 1 aromatic carbocycles. The van der Waals surface area contributed by atoms with E-state index >= 15 is 0 Å². The van der Waals surface area contributed by atoms with Crippen molar-refractivity contribution in [3.8, 4) is 0 Å². The second-order valence-electron chi connectivity index (χ2n) is 4.25. The van der Waals surface area contributed by atoms with Crippen molar-refractivity contribution < 1.29 is 4.79 Å². The van der Waals surface area contributed by atoms with Crippen molar-refractivity contribution in [2.75, 3.05) is 5.73 Å². The van der Waals surface area contributed by atoms with E-state index in [0.717, 1.165) is 11.3 Å². The Balaban J connectivity index is 2.05. The molecule has 1 aromatic heterocycles. The molecule has 0 aliphatic carbocycles. The summed E-state index contributed by atoms with van der Waals surface area (Å²) in [4.78, 5) is 12.0. The second-order valence-corrected chi connectivity index (χ2v) is 4.25. The Morgan fingerprint density at radius 1 is 1.44 bits per heavy atom. The van der Waals surface area contributed by atoms with Crippen LogP contribution in [-0.2, 0) is 13.6 Å². The average Bonchev–Trinajstić information content (AvgIpc) is 2.75. The van der Waals surface area contributed by atoms with Gasteiger partial charge < -0.3 is 11.1 Å². The molecule has 5 nitrogen and oxygen atoms in total. The number of carbonyl (C=O) groups excluding carboxylic acids is 1. The van der Waals surface area contributed by atoms with Crippen LogP contribution in [0.3, 0.4) is 0 Å². The zero-order chi connectivity index (χ0) is 13.1. The Morgan fingerprint density at radius 3 is 2.89 bits per heavy atom. The summed E-state index contributed by atoms with van der Waals surface area (Å²) in [6, 6.07) is 7.26. The van der Waals surface area contributed by atoms with Crippen LogP contribution in [0.15, 0.2) is 30.5 Å². The van der Waals surface area contributed by atoms with Crippen LogP contribution in [0.25, 0.3) is 0 Å². The van der Waals surface area contributed by atoms with Gasteiger partial charge in [0.05, 0.1) is 17.8 Å². The van der Waals surface area contributed by atoms with Gasteiger partial charge in [-0.3, -0.25) is 9.48 Å². The van der Waals surface area contributed by atoms with Gasteiger partial charge in [0.25, 0.3) is 5.91 Å². The Bertz CT molecular complexity index is 574. The number of benzene rings is 1. The summed E-state index contributed by atoms with van der Waals surface area (Å²) in [6.45, 7) is 2.32. The molecule has 5 heteroatoms. The van der Waals surface area contributed by atoms with Gasteiger partial charge in [0.1, 0.15) is 0 Å². The molecule has 18 heavy (non-hydrogen) atoms. The molecule has 2 rings (SSSR count). The zero-order valence-corrected chi connectivity index (χ0v) is 10.5. The lowest BCUT2D eigenvalue weighted by atomic mass is 10.1. The fourth-order valence-corrected chi connectivity index (χ4v) is 1.69. The van der Waals surface area contributed by atoms with Crippen LogP contribution in [0.4, 0.5) is 5.69 Å². The number of aromatic nitrogens is 2. The highest BCUT2D eigenvalue weighted by Crippen LogP contribution is 2.13. The predicted octanol–water partition coefficient (Wildman–Crippen LogP) is 1.24. The lowest BCUT2D eigenvalue weighted by Gasteiger charge is -2.07. The molecule has 2 aromatic rings. The van der Waals surface area contributed by atoms with Crippen molar-refractivity contribution >= 4 is 11.6 Å². The molecule has 0 atom stereocenters. The highest BCUT2D eigenvalue weighted by Gasteiger charge is 2.09. The van der Waals surface area contributed by atoms with E-state index < -0.39 is 0 Å². The lowest BCUT2D eigenvalue weighted by Crippen LogP contribution is -2.24. The number of anilines is 1. The first kappa shape index (κ1) is 12.2. The van der Waals surface area contributed by atoms with Crippen molar-refractivity contribution in [1.82, 2.24) is 15.1 Å². The highest BCUT2D eigenvalue weighted by atomic mass is 16.1. The first-order valence-electron chi connectivity index (χ1n) is 5.69. The largest absolute Gasteiger partial charge is 0.398 e. The van der Waals surface area contributed by atoms with E-state index in [1.165, 1.54) is 0 Å². The van der Waals surface area contributed by atoms with Crippen molar-refractivity contribution in [2.24, 2.45) is 7.05 Å². The van der Waals surface area contributed by atoms with Gasteiger partial charge in [-0.25, -0.2) is 0 Å². The quantitative estimate of drug-likeness (QED) is 0.798. The van der Waals surface area contributed by atoms with E-state index in [-0.39, 0.29) is 5.91 Å². The summed E-state index contributed by atoms with van der Waals surface area (Å²) in [5.41, 5.74) is 8.60. The summed E-state index contributed by atoms with van der Waals surface area (Å²) < 4.78 is 1.70. The maximum Gasteiger partial charge on any atom is 0.253 e. The molecule has 0 fully saturated rings. The third kappa shape index (κ3) is 2.68.